The summed E-state index contributed by atoms with van der Waals surface area (Å²) < 4.78 is 0. The number of rotatable bonds is 0. The van der Waals surface area contributed by atoms with Gasteiger partial charge in [-0.05, 0) is 12.8 Å². The summed E-state index contributed by atoms with van der Waals surface area (Å²) in [6.45, 7) is 0. The minimum absolute atomic E-state index is 0. The normalized spacial score (nSPS) is 19.3. The van der Waals surface area contributed by atoms with Gasteiger partial charge in [-0.15, -0.1) is 0 Å². The maximum Gasteiger partial charge on any atom is 0.0689 e. The molecule has 0 amide bonds. The van der Waals surface area contributed by atoms with Crippen LogP contribution < -0.4 is 11.5 Å². The van der Waals surface area contributed by atoms with E-state index in [1.54, 1.807) is 0 Å². The number of hydrogen-bond donors (Lipinski definition) is 2. The molecule has 19 heavy (non-hydrogen) atoms. The fourth-order valence-electron chi connectivity index (χ4n) is 1.19. The molecule has 1 aliphatic carbocycles. The Morgan fingerprint density at radius 1 is 0.789 bits per heavy atom. The van der Waals surface area contributed by atoms with E-state index < -0.39 is 10.2 Å². The summed E-state index contributed by atoms with van der Waals surface area (Å²) in [5.74, 6) is 0. The second-order valence-electron chi connectivity index (χ2n) is 3.06. The molecule has 0 aliphatic heterocycles. The van der Waals surface area contributed by atoms with Crippen molar-refractivity contribution in [2.75, 3.05) is 0 Å². The molecule has 0 aromatic carbocycles. The Bertz CT molecular complexity index is 191. The number of hydrogen-bond acceptors (Lipinski definition) is 8. The first kappa shape index (κ1) is 30.7. The third kappa shape index (κ3) is 38.3. The number of nitrogens with two attached hydrogens (primary N) is 2. The molecule has 13 heteroatoms. The van der Waals surface area contributed by atoms with Gasteiger partial charge in [0.15, 0.2) is 0 Å². The standard InChI is InChI=1S/C6H14N2.2NO3.2H2O.Pt/c7-5-3-1-2-4-6(5)8;2*2-1(3)4;;;/h5-6H,1-4,7-8H2;;;2*1H2;/q;2*-1;;;/p+2/t5-,6-;;;;;/m1...../s1. The molecule has 0 bridgehead atoms. The fraction of sp³-hybridized carbons (Fsp3) is 1.00. The van der Waals surface area contributed by atoms with Crippen molar-refractivity contribution in [2.24, 2.45) is 11.5 Å². The van der Waals surface area contributed by atoms with Crippen LogP contribution in [0.4, 0.5) is 0 Å². The maximum absolute atomic E-state index is 8.25. The van der Waals surface area contributed by atoms with Crippen molar-refractivity contribution in [2.45, 2.75) is 37.8 Å². The molecule has 1 aliphatic rings. The topological polar surface area (TPSA) is 250 Å². The van der Waals surface area contributed by atoms with Gasteiger partial charge in [-0.2, -0.15) is 0 Å². The third-order valence-corrected chi connectivity index (χ3v) is 1.87. The molecular weight excluding hydrogens is 451 g/mol. The van der Waals surface area contributed by atoms with Gasteiger partial charge in [0.25, 0.3) is 0 Å². The SMILES string of the molecule is N[C@@H]1CCCC[C@H]1N.O=[N+]([O-])[O-].O=[N+]([O-])[O-].[OH3+].[OH3+].[Pt]. The summed E-state index contributed by atoms with van der Waals surface area (Å²) in [5.41, 5.74) is 11.3. The second-order valence-corrected chi connectivity index (χ2v) is 3.06. The quantitative estimate of drug-likeness (QED) is 0.224. The van der Waals surface area contributed by atoms with Gasteiger partial charge in [-0.1, -0.05) is 12.8 Å². The van der Waals surface area contributed by atoms with Gasteiger partial charge in [-0.25, -0.2) is 0 Å². The van der Waals surface area contributed by atoms with Crippen molar-refractivity contribution >= 4 is 0 Å². The van der Waals surface area contributed by atoms with Gasteiger partial charge in [0.2, 0.25) is 0 Å². The van der Waals surface area contributed by atoms with Crippen LogP contribution in [0.25, 0.3) is 0 Å². The van der Waals surface area contributed by atoms with E-state index in [9.17, 15) is 0 Å². The molecule has 0 radical (unpaired) electrons. The number of nitrogens with zero attached hydrogens (tertiary/aromatic N) is 2. The van der Waals surface area contributed by atoms with Crippen molar-refractivity contribution < 1.29 is 42.2 Å². The van der Waals surface area contributed by atoms with Crippen molar-refractivity contribution in [3.8, 4) is 0 Å². The Morgan fingerprint density at radius 3 is 1.05 bits per heavy atom. The van der Waals surface area contributed by atoms with E-state index in [0.29, 0.717) is 0 Å². The first-order valence-corrected chi connectivity index (χ1v) is 4.41. The molecule has 0 saturated heterocycles. The predicted molar refractivity (Wildman–Crippen MR) is 64.9 cm³/mol. The first-order chi connectivity index (χ1) is 7.27. The predicted octanol–water partition coefficient (Wildman–Crippen LogP) is -2.11. The van der Waals surface area contributed by atoms with E-state index in [-0.39, 0.29) is 44.1 Å². The average Bonchev–Trinajstić information content (AvgIpc) is 2.08. The summed E-state index contributed by atoms with van der Waals surface area (Å²) in [7, 11) is 0. The van der Waals surface area contributed by atoms with E-state index >= 15 is 0 Å². The van der Waals surface area contributed by atoms with Crippen LogP contribution in [-0.4, -0.2) is 22.3 Å². The molecule has 2 atom stereocenters. The molecule has 10 N–H and O–H groups in total. The van der Waals surface area contributed by atoms with Crippen LogP contribution >= 0.6 is 0 Å². The van der Waals surface area contributed by atoms with Gasteiger partial charge in [-0.3, -0.25) is 0 Å². The minimum atomic E-state index is -1.75. The van der Waals surface area contributed by atoms with Crippen molar-refractivity contribution in [3.05, 3.63) is 30.6 Å². The van der Waals surface area contributed by atoms with E-state index in [4.69, 9.17) is 42.1 Å². The molecule has 0 aromatic heterocycles. The Morgan fingerprint density at radius 2 is 0.947 bits per heavy atom. The Kier molecular flexibility index (Phi) is 31.2. The minimum Gasteiger partial charge on any atom is -0.457 e. The molecule has 12 nitrogen and oxygen atoms in total. The van der Waals surface area contributed by atoms with Crippen molar-refractivity contribution in [3.63, 3.8) is 0 Å². The molecule has 0 spiro atoms. The van der Waals surface area contributed by atoms with Crippen molar-refractivity contribution in [1.82, 2.24) is 0 Å². The van der Waals surface area contributed by atoms with Crippen LogP contribution in [0, 0.1) is 30.6 Å². The smallest absolute Gasteiger partial charge is 0.0689 e. The van der Waals surface area contributed by atoms with Crippen LogP contribution in [0.3, 0.4) is 0 Å². The third-order valence-electron chi connectivity index (χ3n) is 1.87. The van der Waals surface area contributed by atoms with E-state index in [2.05, 4.69) is 0 Å². The van der Waals surface area contributed by atoms with Gasteiger partial charge in [0.05, 0.1) is 10.2 Å². The van der Waals surface area contributed by atoms with Crippen LogP contribution in [0.15, 0.2) is 0 Å². The van der Waals surface area contributed by atoms with Gasteiger partial charge in [0.1, 0.15) is 0 Å². The van der Waals surface area contributed by atoms with E-state index in [0.717, 1.165) is 12.8 Å². The first-order valence-electron chi connectivity index (χ1n) is 4.41. The zero-order valence-electron chi connectivity index (χ0n) is 9.95. The summed E-state index contributed by atoms with van der Waals surface area (Å²) in [6, 6.07) is 0.562. The fourth-order valence-corrected chi connectivity index (χ4v) is 1.19. The monoisotopic (exact) mass is 471 g/mol. The summed E-state index contributed by atoms with van der Waals surface area (Å²) >= 11 is 0. The molecular formula is C6H20N4O8Pt. The molecule has 1 fully saturated rings. The molecule has 1 rings (SSSR count). The largest absolute Gasteiger partial charge is 0.457 e. The Hall–Kier alpha value is -1.07. The molecule has 0 aromatic rings. The van der Waals surface area contributed by atoms with Gasteiger partial charge < -0.3 is 53.1 Å². The van der Waals surface area contributed by atoms with E-state index in [1.165, 1.54) is 12.8 Å². The van der Waals surface area contributed by atoms with Crippen molar-refractivity contribution in [1.29, 1.82) is 0 Å². The van der Waals surface area contributed by atoms with Crippen LogP contribution in [0.1, 0.15) is 25.7 Å². The van der Waals surface area contributed by atoms with Gasteiger partial charge in [0, 0.05) is 33.1 Å². The van der Waals surface area contributed by atoms with E-state index in [1.807, 2.05) is 0 Å². The zero-order valence-corrected chi connectivity index (χ0v) is 12.2. The zero-order chi connectivity index (χ0) is 13.1. The van der Waals surface area contributed by atoms with Crippen LogP contribution in [-0.2, 0) is 32.0 Å². The molecule has 1 saturated carbocycles. The van der Waals surface area contributed by atoms with Crippen LogP contribution in [0.2, 0.25) is 0 Å². The van der Waals surface area contributed by atoms with Crippen LogP contribution in [0.5, 0.6) is 0 Å². The summed E-state index contributed by atoms with van der Waals surface area (Å²) in [4.78, 5) is 16.5. The second kappa shape index (κ2) is 19.3. The summed E-state index contributed by atoms with van der Waals surface area (Å²) in [6.07, 6.45) is 4.80. The maximum atomic E-state index is 8.25. The summed E-state index contributed by atoms with van der Waals surface area (Å²) in [5, 5.41) is 29.5. The molecule has 0 heterocycles. The average molecular weight is 471 g/mol. The van der Waals surface area contributed by atoms with Gasteiger partial charge >= 0.3 is 0 Å². The molecule has 122 valence electrons. The Labute approximate surface area is 122 Å². The molecule has 0 unspecified atom stereocenters. The Balaban J connectivity index is -0.0000000526.